The van der Waals surface area contributed by atoms with Crippen LogP contribution in [0.2, 0.25) is 0 Å². The number of nitrogens with zero attached hydrogens (tertiary/aromatic N) is 5. The van der Waals surface area contributed by atoms with Crippen molar-refractivity contribution >= 4 is 22.9 Å². The van der Waals surface area contributed by atoms with Gasteiger partial charge in [-0.1, -0.05) is 5.16 Å². The number of methoxy groups -OCH3 is 2. The van der Waals surface area contributed by atoms with Crippen LogP contribution in [0.5, 0.6) is 11.5 Å². The highest BCUT2D eigenvalue weighted by atomic mass is 16.7. The summed E-state index contributed by atoms with van der Waals surface area (Å²) in [6.07, 6.45) is 5.64. The molecule has 1 saturated heterocycles. The Morgan fingerprint density at radius 1 is 1.19 bits per heavy atom. The van der Waals surface area contributed by atoms with Gasteiger partial charge < -0.3 is 24.1 Å². The molecule has 2 aliphatic rings. The number of rotatable bonds is 4. The smallest absolute Gasteiger partial charge is 0.205 e. The first kappa shape index (κ1) is 16.7. The van der Waals surface area contributed by atoms with Crippen molar-refractivity contribution in [3.8, 4) is 11.5 Å². The second-order valence-corrected chi connectivity index (χ2v) is 6.69. The molecule has 1 aromatic heterocycles. The summed E-state index contributed by atoms with van der Waals surface area (Å²) in [5.74, 6) is 2.60. The summed E-state index contributed by atoms with van der Waals surface area (Å²) >= 11 is 0. The predicted molar refractivity (Wildman–Crippen MR) is 98.7 cm³/mol. The minimum absolute atomic E-state index is 0.0182. The van der Waals surface area contributed by atoms with Gasteiger partial charge in [-0.15, -0.1) is 5.10 Å². The Labute approximate surface area is 152 Å². The van der Waals surface area contributed by atoms with Crippen molar-refractivity contribution in [1.82, 2.24) is 15.1 Å². The van der Waals surface area contributed by atoms with Crippen LogP contribution in [-0.4, -0.2) is 62.0 Å². The van der Waals surface area contributed by atoms with Gasteiger partial charge in [0.05, 0.1) is 20.4 Å². The molecule has 0 aliphatic carbocycles. The lowest BCUT2D eigenvalue weighted by molar-refractivity contribution is -0.0270. The van der Waals surface area contributed by atoms with Crippen molar-refractivity contribution in [1.29, 1.82) is 0 Å². The summed E-state index contributed by atoms with van der Waals surface area (Å²) in [6.45, 7) is 1.79. The third kappa shape index (κ3) is 2.85. The van der Waals surface area contributed by atoms with Crippen LogP contribution in [0.25, 0.3) is 10.8 Å². The number of hydrogen-bond acceptors (Lipinski definition) is 8. The first-order valence-corrected chi connectivity index (χ1v) is 8.75. The van der Waals surface area contributed by atoms with E-state index in [1.54, 1.807) is 26.8 Å². The lowest BCUT2D eigenvalue weighted by Gasteiger charge is -2.37. The van der Waals surface area contributed by atoms with E-state index in [2.05, 4.69) is 20.3 Å². The minimum atomic E-state index is -0.0182. The van der Waals surface area contributed by atoms with Gasteiger partial charge in [0.1, 0.15) is 6.34 Å². The van der Waals surface area contributed by atoms with E-state index >= 15 is 0 Å². The van der Waals surface area contributed by atoms with E-state index in [1.807, 2.05) is 24.1 Å². The SMILES string of the molecule is COc1cc2cnnc(N3CCCC(C4ON=CN4C)C3)c2cc1OC. The zero-order valence-electron chi connectivity index (χ0n) is 15.3. The van der Waals surface area contributed by atoms with E-state index in [0.717, 1.165) is 42.5 Å². The highest BCUT2D eigenvalue weighted by molar-refractivity contribution is 5.94. The van der Waals surface area contributed by atoms with Crippen LogP contribution in [-0.2, 0) is 4.84 Å². The van der Waals surface area contributed by atoms with Crippen molar-refractivity contribution in [2.24, 2.45) is 11.1 Å². The van der Waals surface area contributed by atoms with Gasteiger partial charge in [0.25, 0.3) is 0 Å². The molecule has 2 aromatic rings. The van der Waals surface area contributed by atoms with E-state index in [1.165, 1.54) is 0 Å². The molecule has 26 heavy (non-hydrogen) atoms. The fourth-order valence-electron chi connectivity index (χ4n) is 3.79. The third-order valence-electron chi connectivity index (χ3n) is 5.11. The third-order valence-corrected chi connectivity index (χ3v) is 5.11. The van der Waals surface area contributed by atoms with Crippen LogP contribution in [0.4, 0.5) is 5.82 Å². The molecule has 2 aliphatic heterocycles. The minimum Gasteiger partial charge on any atom is -0.493 e. The van der Waals surface area contributed by atoms with E-state index < -0.39 is 0 Å². The lowest BCUT2D eigenvalue weighted by atomic mass is 9.95. The number of ether oxygens (including phenoxy) is 2. The van der Waals surface area contributed by atoms with Crippen LogP contribution < -0.4 is 14.4 Å². The van der Waals surface area contributed by atoms with Gasteiger partial charge in [0, 0.05) is 36.8 Å². The topological polar surface area (TPSA) is 72.3 Å². The summed E-state index contributed by atoms with van der Waals surface area (Å²) < 4.78 is 10.9. The molecule has 0 saturated carbocycles. The van der Waals surface area contributed by atoms with Crippen molar-refractivity contribution in [2.45, 2.75) is 19.1 Å². The Morgan fingerprint density at radius 3 is 2.73 bits per heavy atom. The van der Waals surface area contributed by atoms with E-state index in [4.69, 9.17) is 14.3 Å². The van der Waals surface area contributed by atoms with Gasteiger partial charge >= 0.3 is 0 Å². The molecule has 0 radical (unpaired) electrons. The number of hydrogen-bond donors (Lipinski definition) is 0. The van der Waals surface area contributed by atoms with Crippen molar-refractivity contribution in [3.63, 3.8) is 0 Å². The van der Waals surface area contributed by atoms with Crippen molar-refractivity contribution in [3.05, 3.63) is 18.3 Å². The molecule has 2 atom stereocenters. The predicted octanol–water partition coefficient (Wildman–Crippen LogP) is 2.09. The Balaban J connectivity index is 1.67. The van der Waals surface area contributed by atoms with Gasteiger partial charge in [-0.3, -0.25) is 0 Å². The van der Waals surface area contributed by atoms with E-state index in [-0.39, 0.29) is 6.23 Å². The Hall–Kier alpha value is -2.77. The Bertz CT molecular complexity index is 828. The van der Waals surface area contributed by atoms with Gasteiger partial charge in [0.15, 0.2) is 17.3 Å². The number of aromatic nitrogens is 2. The maximum atomic E-state index is 5.54. The molecule has 0 N–H and O–H groups in total. The molecule has 8 heteroatoms. The summed E-state index contributed by atoms with van der Waals surface area (Å²) in [6, 6.07) is 3.92. The first-order chi connectivity index (χ1) is 12.7. The molecule has 3 heterocycles. The first-order valence-electron chi connectivity index (χ1n) is 8.75. The van der Waals surface area contributed by atoms with Crippen molar-refractivity contribution in [2.75, 3.05) is 39.3 Å². The maximum absolute atomic E-state index is 5.54. The standard InChI is InChI=1S/C18H23N5O3/c1-22-11-20-26-18(22)12-5-4-6-23(10-12)17-14-8-16(25-3)15(24-2)7-13(14)9-19-21-17/h7-9,11-12,18H,4-6,10H2,1-3H3. The average Bonchev–Trinajstić information content (AvgIpc) is 3.12. The van der Waals surface area contributed by atoms with Gasteiger partial charge in [-0.2, -0.15) is 5.10 Å². The molecule has 138 valence electrons. The number of piperidine rings is 1. The van der Waals surface area contributed by atoms with Crippen LogP contribution in [0.15, 0.2) is 23.5 Å². The van der Waals surface area contributed by atoms with Crippen LogP contribution in [0.1, 0.15) is 12.8 Å². The largest absolute Gasteiger partial charge is 0.493 e. The summed E-state index contributed by atoms with van der Waals surface area (Å²) in [5, 5.41) is 14.6. The molecule has 8 nitrogen and oxygen atoms in total. The zero-order chi connectivity index (χ0) is 18.1. The molecular weight excluding hydrogens is 334 g/mol. The van der Waals surface area contributed by atoms with E-state index in [0.29, 0.717) is 17.4 Å². The van der Waals surface area contributed by atoms with Gasteiger partial charge in [0.2, 0.25) is 6.23 Å². The van der Waals surface area contributed by atoms with Crippen molar-refractivity contribution < 1.29 is 14.3 Å². The second-order valence-electron chi connectivity index (χ2n) is 6.69. The Kier molecular flexibility index (Phi) is 4.40. The van der Waals surface area contributed by atoms with Gasteiger partial charge in [-0.05, 0) is 25.0 Å². The second kappa shape index (κ2) is 6.86. The fraction of sp³-hybridized carbons (Fsp3) is 0.500. The molecule has 2 unspecified atom stereocenters. The van der Waals surface area contributed by atoms with Crippen LogP contribution >= 0.6 is 0 Å². The summed E-state index contributed by atoms with van der Waals surface area (Å²) in [7, 11) is 5.27. The zero-order valence-corrected chi connectivity index (χ0v) is 15.3. The summed E-state index contributed by atoms with van der Waals surface area (Å²) in [4.78, 5) is 9.85. The van der Waals surface area contributed by atoms with Crippen LogP contribution in [0, 0.1) is 5.92 Å². The molecule has 0 amide bonds. The molecule has 1 aromatic carbocycles. The fourth-order valence-corrected chi connectivity index (χ4v) is 3.79. The van der Waals surface area contributed by atoms with Gasteiger partial charge in [-0.25, -0.2) is 0 Å². The molecule has 4 rings (SSSR count). The molecule has 0 bridgehead atoms. The molecule has 0 spiro atoms. The Morgan fingerprint density at radius 2 is 2.00 bits per heavy atom. The number of oxime groups is 1. The maximum Gasteiger partial charge on any atom is 0.205 e. The highest BCUT2D eigenvalue weighted by Gasteiger charge is 2.34. The lowest BCUT2D eigenvalue weighted by Crippen LogP contribution is -2.45. The average molecular weight is 357 g/mol. The molecular formula is C18H23N5O3. The molecule has 1 fully saturated rings. The number of fused-ring (bicyclic) bond motifs is 1. The van der Waals surface area contributed by atoms with Crippen LogP contribution in [0.3, 0.4) is 0 Å². The number of anilines is 1. The monoisotopic (exact) mass is 357 g/mol. The normalized spacial score (nSPS) is 22.6. The quantitative estimate of drug-likeness (QED) is 0.830. The number of benzene rings is 1. The highest BCUT2D eigenvalue weighted by Crippen LogP contribution is 2.36. The van der Waals surface area contributed by atoms with E-state index in [9.17, 15) is 0 Å². The summed E-state index contributed by atoms with van der Waals surface area (Å²) in [5.41, 5.74) is 0.